The summed E-state index contributed by atoms with van der Waals surface area (Å²) in [6.07, 6.45) is 0.898. The second-order valence-electron chi connectivity index (χ2n) is 2.88. The lowest BCUT2D eigenvalue weighted by atomic mass is 10.4. The fraction of sp³-hybridized carbons (Fsp3) is 0.333. The van der Waals surface area contributed by atoms with Crippen molar-refractivity contribution in [1.82, 2.24) is 0 Å². The Morgan fingerprint density at radius 2 is 1.83 bits per heavy atom. The predicted molar refractivity (Wildman–Crippen MR) is 55.1 cm³/mol. The van der Waals surface area contributed by atoms with E-state index in [1.807, 2.05) is 18.2 Å². The van der Waals surface area contributed by atoms with E-state index in [4.69, 9.17) is 23.2 Å². The summed E-state index contributed by atoms with van der Waals surface area (Å²) in [5.74, 6) is 0. The molecule has 0 aliphatic heterocycles. The summed E-state index contributed by atoms with van der Waals surface area (Å²) in [6, 6.07) is 10.2. The zero-order valence-electron chi connectivity index (χ0n) is 6.34. The molecule has 0 heterocycles. The Kier molecular flexibility index (Phi) is 2.28. The van der Waals surface area contributed by atoms with E-state index in [2.05, 4.69) is 12.1 Å². The number of rotatable bonds is 2. The molecule has 1 aromatic carbocycles. The van der Waals surface area contributed by atoms with Crippen LogP contribution in [0.3, 0.4) is 0 Å². The van der Waals surface area contributed by atoms with Gasteiger partial charge in [-0.2, -0.15) is 0 Å². The van der Waals surface area contributed by atoms with Gasteiger partial charge in [-0.15, -0.1) is 35.0 Å². The second kappa shape index (κ2) is 3.13. The van der Waals surface area contributed by atoms with Crippen molar-refractivity contribution < 1.29 is 0 Å². The quantitative estimate of drug-likeness (QED) is 0.683. The first kappa shape index (κ1) is 8.74. The van der Waals surface area contributed by atoms with Gasteiger partial charge in [-0.3, -0.25) is 0 Å². The Labute approximate surface area is 86.3 Å². The smallest absolute Gasteiger partial charge is 0.119 e. The summed E-state index contributed by atoms with van der Waals surface area (Å²) in [5, 5.41) is 0.378. The molecule has 0 aromatic heterocycles. The normalized spacial score (nSPS) is 25.3. The van der Waals surface area contributed by atoms with Crippen LogP contribution in [0.15, 0.2) is 35.2 Å². The predicted octanol–water partition coefficient (Wildman–Crippen LogP) is 3.72. The minimum atomic E-state index is -0.472. The van der Waals surface area contributed by atoms with Crippen LogP contribution in [-0.2, 0) is 0 Å². The third-order valence-corrected chi connectivity index (χ3v) is 4.28. The summed E-state index contributed by atoms with van der Waals surface area (Å²) in [6.45, 7) is 0. The SMILES string of the molecule is ClC1(Cl)C[C@H]1Sc1ccccc1. The van der Waals surface area contributed by atoms with Crippen LogP contribution in [-0.4, -0.2) is 9.58 Å². The number of thioether (sulfide) groups is 1. The highest BCUT2D eigenvalue weighted by Crippen LogP contribution is 2.56. The maximum Gasteiger partial charge on any atom is 0.131 e. The molecule has 0 spiro atoms. The van der Waals surface area contributed by atoms with Crippen LogP contribution < -0.4 is 0 Å². The maximum absolute atomic E-state index is 5.90. The van der Waals surface area contributed by atoms with Gasteiger partial charge in [0, 0.05) is 10.1 Å². The second-order valence-corrected chi connectivity index (χ2v) is 5.70. The lowest BCUT2D eigenvalue weighted by Gasteiger charge is -1.99. The Morgan fingerprint density at radius 3 is 2.33 bits per heavy atom. The van der Waals surface area contributed by atoms with Crippen LogP contribution in [0, 0.1) is 0 Å². The number of alkyl halides is 2. The molecular formula is C9H8Cl2S. The lowest BCUT2D eigenvalue weighted by Crippen LogP contribution is -1.89. The summed E-state index contributed by atoms with van der Waals surface area (Å²) < 4.78 is -0.472. The standard InChI is InChI=1S/C9H8Cl2S/c10-9(11)6-8(9)12-7-4-2-1-3-5-7/h1-5,8H,6H2/t8-/m1/s1. The molecule has 0 saturated heterocycles. The van der Waals surface area contributed by atoms with Crippen molar-refractivity contribution in [1.29, 1.82) is 0 Å². The molecule has 0 N–H and O–H groups in total. The molecule has 1 aromatic rings. The van der Waals surface area contributed by atoms with Gasteiger partial charge in [0.05, 0.1) is 0 Å². The Hall–Kier alpha value is 0.150. The molecule has 0 radical (unpaired) electrons. The van der Waals surface area contributed by atoms with E-state index in [0.29, 0.717) is 5.25 Å². The van der Waals surface area contributed by atoms with E-state index in [1.54, 1.807) is 11.8 Å². The molecule has 64 valence electrons. The number of hydrogen-bond donors (Lipinski definition) is 0. The van der Waals surface area contributed by atoms with Crippen molar-refractivity contribution in [3.05, 3.63) is 30.3 Å². The molecule has 0 bridgehead atoms. The minimum absolute atomic E-state index is 0.378. The molecular weight excluding hydrogens is 211 g/mol. The van der Waals surface area contributed by atoms with Gasteiger partial charge in [0.2, 0.25) is 0 Å². The van der Waals surface area contributed by atoms with Crippen LogP contribution in [0.4, 0.5) is 0 Å². The van der Waals surface area contributed by atoms with Gasteiger partial charge in [-0.05, 0) is 18.6 Å². The average molecular weight is 219 g/mol. The fourth-order valence-electron chi connectivity index (χ4n) is 0.979. The maximum atomic E-state index is 5.90. The highest BCUT2D eigenvalue weighted by Gasteiger charge is 2.52. The molecule has 1 fully saturated rings. The fourth-order valence-corrected chi connectivity index (χ4v) is 2.90. The van der Waals surface area contributed by atoms with Gasteiger partial charge in [0.25, 0.3) is 0 Å². The number of benzene rings is 1. The Balaban J connectivity index is 1.98. The summed E-state index contributed by atoms with van der Waals surface area (Å²) in [4.78, 5) is 1.24. The summed E-state index contributed by atoms with van der Waals surface area (Å²) in [5.41, 5.74) is 0. The van der Waals surface area contributed by atoms with Crippen LogP contribution in [0.5, 0.6) is 0 Å². The summed E-state index contributed by atoms with van der Waals surface area (Å²) >= 11 is 13.6. The number of hydrogen-bond acceptors (Lipinski definition) is 1. The lowest BCUT2D eigenvalue weighted by molar-refractivity contribution is 1.35. The van der Waals surface area contributed by atoms with Crippen molar-refractivity contribution in [2.24, 2.45) is 0 Å². The van der Waals surface area contributed by atoms with E-state index >= 15 is 0 Å². The highest BCUT2D eigenvalue weighted by molar-refractivity contribution is 8.00. The van der Waals surface area contributed by atoms with E-state index < -0.39 is 4.33 Å². The first-order chi connectivity index (χ1) is 5.68. The van der Waals surface area contributed by atoms with Crippen molar-refractivity contribution in [3.63, 3.8) is 0 Å². The van der Waals surface area contributed by atoms with Crippen molar-refractivity contribution in [2.45, 2.75) is 20.9 Å². The molecule has 12 heavy (non-hydrogen) atoms. The van der Waals surface area contributed by atoms with E-state index in [1.165, 1.54) is 4.90 Å². The van der Waals surface area contributed by atoms with Crippen LogP contribution in [0.2, 0.25) is 0 Å². The van der Waals surface area contributed by atoms with Gasteiger partial charge < -0.3 is 0 Å². The third kappa shape index (κ3) is 1.90. The molecule has 0 unspecified atom stereocenters. The van der Waals surface area contributed by atoms with Crippen LogP contribution in [0.1, 0.15) is 6.42 Å². The Bertz CT molecular complexity index is 271. The molecule has 3 heteroatoms. The van der Waals surface area contributed by atoms with E-state index in [0.717, 1.165) is 6.42 Å². The van der Waals surface area contributed by atoms with Gasteiger partial charge in [-0.25, -0.2) is 0 Å². The van der Waals surface area contributed by atoms with Crippen LogP contribution in [0.25, 0.3) is 0 Å². The zero-order valence-corrected chi connectivity index (χ0v) is 8.66. The molecule has 0 nitrogen and oxygen atoms in total. The van der Waals surface area contributed by atoms with E-state index in [-0.39, 0.29) is 0 Å². The molecule has 1 aliphatic rings. The van der Waals surface area contributed by atoms with Gasteiger partial charge >= 0.3 is 0 Å². The highest BCUT2D eigenvalue weighted by atomic mass is 35.5. The third-order valence-electron chi connectivity index (χ3n) is 1.79. The molecule has 2 rings (SSSR count). The van der Waals surface area contributed by atoms with Crippen molar-refractivity contribution in [3.8, 4) is 0 Å². The topological polar surface area (TPSA) is 0 Å². The van der Waals surface area contributed by atoms with Gasteiger partial charge in [-0.1, -0.05) is 18.2 Å². The zero-order chi connectivity index (χ0) is 8.60. The van der Waals surface area contributed by atoms with Crippen LogP contribution >= 0.6 is 35.0 Å². The molecule has 1 aliphatic carbocycles. The largest absolute Gasteiger partial charge is 0.131 e. The monoisotopic (exact) mass is 218 g/mol. The first-order valence-electron chi connectivity index (χ1n) is 3.78. The number of halogens is 2. The molecule has 1 saturated carbocycles. The molecule has 1 atom stereocenters. The average Bonchev–Trinajstić information content (AvgIpc) is 2.61. The first-order valence-corrected chi connectivity index (χ1v) is 5.41. The van der Waals surface area contributed by atoms with Crippen molar-refractivity contribution in [2.75, 3.05) is 0 Å². The van der Waals surface area contributed by atoms with Crippen molar-refractivity contribution >= 4 is 35.0 Å². The van der Waals surface area contributed by atoms with Gasteiger partial charge in [0.1, 0.15) is 4.33 Å². The Morgan fingerprint density at radius 1 is 1.25 bits per heavy atom. The van der Waals surface area contributed by atoms with Gasteiger partial charge in [0.15, 0.2) is 0 Å². The summed E-state index contributed by atoms with van der Waals surface area (Å²) in [7, 11) is 0. The van der Waals surface area contributed by atoms with E-state index in [9.17, 15) is 0 Å². The minimum Gasteiger partial charge on any atom is -0.119 e. The molecule has 0 amide bonds.